The van der Waals surface area contributed by atoms with Gasteiger partial charge in [0.1, 0.15) is 5.75 Å². The predicted molar refractivity (Wildman–Crippen MR) is 159 cm³/mol. The second-order valence-corrected chi connectivity index (χ2v) is 8.96. The number of nitro benzene ring substituents is 1. The van der Waals surface area contributed by atoms with E-state index in [1.807, 2.05) is 6.07 Å². The quantitative estimate of drug-likeness (QED) is 0.0764. The number of methoxy groups -OCH3 is 3. The lowest BCUT2D eigenvalue weighted by atomic mass is 10.1. The molecule has 0 aliphatic heterocycles. The molecule has 0 saturated heterocycles. The molecule has 1 aromatic heterocycles. The monoisotopic (exact) mass is 580 g/mol. The van der Waals surface area contributed by atoms with Crippen molar-refractivity contribution >= 4 is 28.8 Å². The van der Waals surface area contributed by atoms with E-state index in [2.05, 4.69) is 10.1 Å². The van der Waals surface area contributed by atoms with Crippen LogP contribution in [0, 0.1) is 10.1 Å². The molecule has 1 heterocycles. The maximum absolute atomic E-state index is 13.5. The molecule has 0 atom stereocenters. The van der Waals surface area contributed by atoms with Gasteiger partial charge in [-0.1, -0.05) is 42.5 Å². The highest BCUT2D eigenvalue weighted by Gasteiger charge is 2.21. The van der Waals surface area contributed by atoms with Crippen molar-refractivity contribution < 1.29 is 28.7 Å². The fourth-order valence-corrected chi connectivity index (χ4v) is 4.33. The van der Waals surface area contributed by atoms with Gasteiger partial charge in [0.25, 0.3) is 11.2 Å². The Morgan fingerprint density at radius 1 is 0.884 bits per heavy atom. The Hall–Kier alpha value is -6.04. The summed E-state index contributed by atoms with van der Waals surface area (Å²) in [6.45, 7) is 0. The number of fused-ring (bicyclic) bond motifs is 1. The largest absolute Gasteiger partial charge is 0.493 e. The van der Waals surface area contributed by atoms with Crippen molar-refractivity contribution in [3.63, 3.8) is 0 Å². The van der Waals surface area contributed by atoms with Gasteiger partial charge in [-0.3, -0.25) is 14.9 Å². The molecule has 12 heteroatoms. The topological polar surface area (TPSA) is 144 Å². The number of non-ortho nitro benzene ring substituents is 1. The Balaban J connectivity index is 1.60. The molecule has 0 unspecified atom stereocenters. The Kier molecular flexibility index (Phi) is 8.10. The van der Waals surface area contributed by atoms with Crippen LogP contribution in [0.1, 0.15) is 15.9 Å². The molecule has 5 rings (SSSR count). The molecular formula is C31H24N4O8. The number of hydrogen-bond donors (Lipinski definition) is 0. The molecule has 0 spiro atoms. The minimum atomic E-state index is -0.808. The summed E-state index contributed by atoms with van der Waals surface area (Å²) >= 11 is 0. The lowest BCUT2D eigenvalue weighted by Crippen LogP contribution is -2.20. The van der Waals surface area contributed by atoms with Gasteiger partial charge in [-0.25, -0.2) is 9.78 Å². The molecule has 0 fully saturated rings. The molecule has 0 amide bonds. The van der Waals surface area contributed by atoms with Crippen LogP contribution in [0.2, 0.25) is 0 Å². The summed E-state index contributed by atoms with van der Waals surface area (Å²) in [6.07, 6.45) is 1.20. The first-order valence-corrected chi connectivity index (χ1v) is 12.8. The molecule has 0 N–H and O–H groups in total. The van der Waals surface area contributed by atoms with Gasteiger partial charge < -0.3 is 18.9 Å². The van der Waals surface area contributed by atoms with Crippen molar-refractivity contribution in [2.45, 2.75) is 0 Å². The van der Waals surface area contributed by atoms with Gasteiger partial charge in [0.2, 0.25) is 5.75 Å². The number of nitrogens with zero attached hydrogens (tertiary/aromatic N) is 4. The molecule has 4 aromatic carbocycles. The van der Waals surface area contributed by atoms with Crippen molar-refractivity contribution in [3.05, 3.63) is 117 Å². The van der Waals surface area contributed by atoms with Gasteiger partial charge in [-0.15, -0.1) is 0 Å². The molecule has 0 saturated carbocycles. The van der Waals surface area contributed by atoms with Crippen LogP contribution >= 0.6 is 0 Å². The Morgan fingerprint density at radius 3 is 2.21 bits per heavy atom. The third kappa shape index (κ3) is 5.75. The average molecular weight is 581 g/mol. The number of ether oxygens (including phenoxy) is 4. The zero-order valence-electron chi connectivity index (χ0n) is 23.2. The molecule has 12 nitrogen and oxygen atoms in total. The number of aromatic nitrogens is 2. The number of nitro groups is 1. The molecular weight excluding hydrogens is 556 g/mol. The Labute approximate surface area is 244 Å². The van der Waals surface area contributed by atoms with E-state index in [4.69, 9.17) is 18.9 Å². The van der Waals surface area contributed by atoms with Crippen LogP contribution in [0.3, 0.4) is 0 Å². The van der Waals surface area contributed by atoms with E-state index in [9.17, 15) is 19.7 Å². The van der Waals surface area contributed by atoms with Crippen LogP contribution in [-0.2, 0) is 0 Å². The first kappa shape index (κ1) is 28.5. The summed E-state index contributed by atoms with van der Waals surface area (Å²) in [6, 6.07) is 22.3. The molecule has 0 radical (unpaired) electrons. The predicted octanol–water partition coefficient (Wildman–Crippen LogP) is 5.10. The normalized spacial score (nSPS) is 11.0. The van der Waals surface area contributed by atoms with Crippen molar-refractivity contribution in [1.29, 1.82) is 0 Å². The number of para-hydroxylation sites is 1. The SMILES string of the molecule is COc1cc(C(=O)Oc2ccc([N+](=O)[O-])cc2C=Nn2c(-c3ccccc3)nc3ccccc3c2=O)cc(OC)c1OC. The van der Waals surface area contributed by atoms with Crippen molar-refractivity contribution in [2.75, 3.05) is 21.3 Å². The van der Waals surface area contributed by atoms with Gasteiger partial charge in [-0.2, -0.15) is 9.78 Å². The highest BCUT2D eigenvalue weighted by Crippen LogP contribution is 2.38. The van der Waals surface area contributed by atoms with Gasteiger partial charge >= 0.3 is 5.97 Å². The fourth-order valence-electron chi connectivity index (χ4n) is 4.33. The van der Waals surface area contributed by atoms with E-state index in [1.165, 1.54) is 57.9 Å². The van der Waals surface area contributed by atoms with E-state index < -0.39 is 16.5 Å². The second kappa shape index (κ2) is 12.2. The summed E-state index contributed by atoms with van der Waals surface area (Å²) in [5, 5.41) is 16.3. The molecule has 0 bridgehead atoms. The minimum absolute atomic E-state index is 0.0452. The van der Waals surface area contributed by atoms with Crippen LogP contribution in [0.25, 0.3) is 22.3 Å². The summed E-state index contributed by atoms with van der Waals surface area (Å²) in [7, 11) is 4.25. The second-order valence-electron chi connectivity index (χ2n) is 8.96. The van der Waals surface area contributed by atoms with Gasteiger partial charge in [0.05, 0.1) is 48.9 Å². The summed E-state index contributed by atoms with van der Waals surface area (Å²) in [5.74, 6) is 0.149. The van der Waals surface area contributed by atoms with E-state index in [0.717, 1.165) is 4.68 Å². The van der Waals surface area contributed by atoms with Crippen LogP contribution in [0.5, 0.6) is 23.0 Å². The number of rotatable bonds is 9. The van der Waals surface area contributed by atoms with Crippen molar-refractivity contribution in [3.8, 4) is 34.4 Å². The van der Waals surface area contributed by atoms with Crippen LogP contribution in [0.4, 0.5) is 5.69 Å². The molecule has 216 valence electrons. The first-order chi connectivity index (χ1) is 20.8. The minimum Gasteiger partial charge on any atom is -0.493 e. The zero-order chi connectivity index (χ0) is 30.5. The number of hydrogen-bond acceptors (Lipinski definition) is 10. The third-order valence-electron chi connectivity index (χ3n) is 6.41. The number of esters is 1. The molecule has 43 heavy (non-hydrogen) atoms. The third-order valence-corrected chi connectivity index (χ3v) is 6.41. The average Bonchev–Trinajstić information content (AvgIpc) is 3.04. The summed E-state index contributed by atoms with van der Waals surface area (Å²) < 4.78 is 22.7. The van der Waals surface area contributed by atoms with Gasteiger partial charge in [-0.05, 0) is 30.3 Å². The lowest BCUT2D eigenvalue weighted by Gasteiger charge is -2.14. The number of carbonyl (C=O) groups is 1. The zero-order valence-corrected chi connectivity index (χ0v) is 23.2. The fraction of sp³-hybridized carbons (Fsp3) is 0.0968. The molecule has 5 aromatic rings. The highest BCUT2D eigenvalue weighted by atomic mass is 16.6. The molecule has 0 aliphatic carbocycles. The van der Waals surface area contributed by atoms with E-state index in [1.54, 1.807) is 48.5 Å². The van der Waals surface area contributed by atoms with E-state index in [0.29, 0.717) is 16.5 Å². The van der Waals surface area contributed by atoms with Crippen LogP contribution in [-0.4, -0.2) is 48.1 Å². The maximum atomic E-state index is 13.5. The Bertz CT molecular complexity index is 1910. The van der Waals surface area contributed by atoms with Gasteiger partial charge in [0.15, 0.2) is 17.3 Å². The maximum Gasteiger partial charge on any atom is 0.343 e. The Morgan fingerprint density at radius 2 is 1.56 bits per heavy atom. The number of benzene rings is 4. The van der Waals surface area contributed by atoms with E-state index in [-0.39, 0.29) is 45.6 Å². The van der Waals surface area contributed by atoms with E-state index >= 15 is 0 Å². The highest BCUT2D eigenvalue weighted by molar-refractivity contribution is 5.95. The summed E-state index contributed by atoms with van der Waals surface area (Å²) in [4.78, 5) is 42.4. The summed E-state index contributed by atoms with van der Waals surface area (Å²) in [5.41, 5.74) is 0.498. The smallest absolute Gasteiger partial charge is 0.343 e. The van der Waals surface area contributed by atoms with Crippen molar-refractivity contribution in [2.24, 2.45) is 5.10 Å². The lowest BCUT2D eigenvalue weighted by molar-refractivity contribution is -0.384. The number of carbonyl (C=O) groups excluding carboxylic acids is 1. The van der Waals surface area contributed by atoms with Crippen LogP contribution < -0.4 is 24.5 Å². The van der Waals surface area contributed by atoms with Crippen molar-refractivity contribution in [1.82, 2.24) is 9.66 Å². The van der Waals surface area contributed by atoms with Crippen LogP contribution in [0.15, 0.2) is 94.8 Å². The first-order valence-electron chi connectivity index (χ1n) is 12.8. The van der Waals surface area contributed by atoms with Gasteiger partial charge in [0, 0.05) is 23.3 Å². The standard InChI is InChI=1S/C31H24N4O8/c1-40-26-16-20(17-27(41-2)28(26)42-3)31(37)43-25-14-13-22(35(38)39)15-21(25)18-32-34-29(19-9-5-4-6-10-19)33-24-12-8-7-11-23(24)30(34)36/h4-18H,1-3H3. The molecule has 0 aliphatic rings.